The van der Waals surface area contributed by atoms with E-state index >= 15 is 0 Å². The molecule has 0 aromatic rings. The van der Waals surface area contributed by atoms with E-state index < -0.39 is 0 Å². The predicted molar refractivity (Wildman–Crippen MR) is 51.6 cm³/mol. The summed E-state index contributed by atoms with van der Waals surface area (Å²) in [6, 6.07) is 0. The van der Waals surface area contributed by atoms with Gasteiger partial charge in [0, 0.05) is 19.3 Å². The molecule has 0 spiro atoms. The Morgan fingerprint density at radius 2 is 1.64 bits per heavy atom. The van der Waals surface area contributed by atoms with Crippen molar-refractivity contribution in [2.24, 2.45) is 0 Å². The van der Waals surface area contributed by atoms with E-state index in [0.29, 0.717) is 0 Å². The van der Waals surface area contributed by atoms with Crippen LogP contribution < -0.4 is 0 Å². The van der Waals surface area contributed by atoms with Gasteiger partial charge in [-0.2, -0.15) is 0 Å². The van der Waals surface area contributed by atoms with Crippen LogP contribution in [0.15, 0.2) is 11.3 Å². The van der Waals surface area contributed by atoms with E-state index in [2.05, 4.69) is 39.6 Å². The Balaban J connectivity index is 4.36. The molecule has 0 rings (SSSR count). The average Bonchev–Trinajstić information content (AvgIpc) is 2.05. The van der Waals surface area contributed by atoms with Crippen molar-refractivity contribution in [2.45, 2.75) is 40.5 Å². The second kappa shape index (κ2) is 5.22. The fraction of sp³-hybridized carbons (Fsp3) is 0.800. The second-order valence-corrected chi connectivity index (χ2v) is 2.95. The monoisotopic (exact) mass is 155 g/mol. The van der Waals surface area contributed by atoms with Gasteiger partial charge in [0.2, 0.25) is 0 Å². The largest absolute Gasteiger partial charge is 0.378 e. The number of rotatable bonds is 4. The van der Waals surface area contributed by atoms with Crippen LogP contribution in [0.25, 0.3) is 0 Å². The molecule has 0 aliphatic carbocycles. The molecule has 0 aliphatic heterocycles. The van der Waals surface area contributed by atoms with Gasteiger partial charge in [-0.15, -0.1) is 0 Å². The van der Waals surface area contributed by atoms with Crippen molar-refractivity contribution >= 4 is 0 Å². The molecule has 66 valence electrons. The molecular weight excluding hydrogens is 134 g/mol. The minimum Gasteiger partial charge on any atom is -0.378 e. The number of nitrogens with zero attached hydrogens (tertiary/aromatic N) is 1. The lowest BCUT2D eigenvalue weighted by Gasteiger charge is -2.22. The van der Waals surface area contributed by atoms with Gasteiger partial charge in [0.25, 0.3) is 0 Å². The van der Waals surface area contributed by atoms with Gasteiger partial charge in [0.05, 0.1) is 0 Å². The van der Waals surface area contributed by atoms with E-state index in [0.717, 1.165) is 13.0 Å². The summed E-state index contributed by atoms with van der Waals surface area (Å²) in [5.41, 5.74) is 3.03. The maximum atomic E-state index is 2.33. The Labute approximate surface area is 71.1 Å². The molecule has 0 radical (unpaired) electrons. The fourth-order valence-corrected chi connectivity index (χ4v) is 1.29. The minimum atomic E-state index is 1.11. The van der Waals surface area contributed by atoms with Crippen LogP contribution >= 0.6 is 0 Å². The first-order valence-electron chi connectivity index (χ1n) is 4.57. The SMILES string of the molecule is CC/C(C)=C(\CC)N(C)CC. The van der Waals surface area contributed by atoms with Crippen LogP contribution in [0.3, 0.4) is 0 Å². The Bertz CT molecular complexity index is 136. The first-order valence-corrected chi connectivity index (χ1v) is 4.57. The van der Waals surface area contributed by atoms with Crippen molar-refractivity contribution in [1.82, 2.24) is 4.90 Å². The summed E-state index contributed by atoms with van der Waals surface area (Å²) in [4.78, 5) is 2.33. The number of hydrogen-bond donors (Lipinski definition) is 0. The zero-order valence-electron chi connectivity index (χ0n) is 8.57. The topological polar surface area (TPSA) is 3.24 Å². The summed E-state index contributed by atoms with van der Waals surface area (Å²) in [6.45, 7) is 9.97. The maximum Gasteiger partial charge on any atom is 0.0143 e. The van der Waals surface area contributed by atoms with Crippen LogP contribution in [0.4, 0.5) is 0 Å². The van der Waals surface area contributed by atoms with Crippen LogP contribution in [0, 0.1) is 0 Å². The highest BCUT2D eigenvalue weighted by molar-refractivity contribution is 5.09. The lowest BCUT2D eigenvalue weighted by atomic mass is 10.1. The zero-order valence-corrected chi connectivity index (χ0v) is 8.57. The molecule has 0 saturated heterocycles. The van der Waals surface area contributed by atoms with Gasteiger partial charge in [-0.25, -0.2) is 0 Å². The van der Waals surface area contributed by atoms with Crippen LogP contribution in [-0.4, -0.2) is 18.5 Å². The van der Waals surface area contributed by atoms with Crippen LogP contribution in [0.5, 0.6) is 0 Å². The molecule has 0 saturated carbocycles. The van der Waals surface area contributed by atoms with Crippen LogP contribution in [0.2, 0.25) is 0 Å². The average molecular weight is 155 g/mol. The summed E-state index contributed by atoms with van der Waals surface area (Å²) in [7, 11) is 2.16. The third-order valence-electron chi connectivity index (χ3n) is 2.29. The molecule has 1 heteroatoms. The predicted octanol–water partition coefficient (Wildman–Crippen LogP) is 3.03. The van der Waals surface area contributed by atoms with Crippen molar-refractivity contribution in [3.05, 3.63) is 11.3 Å². The van der Waals surface area contributed by atoms with Gasteiger partial charge in [-0.05, 0) is 26.7 Å². The van der Waals surface area contributed by atoms with Crippen LogP contribution in [-0.2, 0) is 0 Å². The summed E-state index contributed by atoms with van der Waals surface area (Å²) in [5, 5.41) is 0. The summed E-state index contributed by atoms with van der Waals surface area (Å²) < 4.78 is 0. The fourth-order valence-electron chi connectivity index (χ4n) is 1.29. The van der Waals surface area contributed by atoms with E-state index in [1.807, 2.05) is 0 Å². The van der Waals surface area contributed by atoms with E-state index in [-0.39, 0.29) is 0 Å². The molecule has 1 nitrogen and oxygen atoms in total. The first-order chi connectivity index (χ1) is 5.17. The van der Waals surface area contributed by atoms with Gasteiger partial charge in [0.15, 0.2) is 0 Å². The third kappa shape index (κ3) is 2.96. The number of allylic oxidation sites excluding steroid dienone is 2. The molecule has 0 heterocycles. The third-order valence-corrected chi connectivity index (χ3v) is 2.29. The van der Waals surface area contributed by atoms with Crippen LogP contribution in [0.1, 0.15) is 40.5 Å². The molecule has 0 aromatic carbocycles. The molecular formula is C10H21N. The highest BCUT2D eigenvalue weighted by Crippen LogP contribution is 2.14. The highest BCUT2D eigenvalue weighted by atomic mass is 15.1. The van der Waals surface area contributed by atoms with Gasteiger partial charge in [-0.3, -0.25) is 0 Å². The highest BCUT2D eigenvalue weighted by Gasteiger charge is 2.02. The zero-order chi connectivity index (χ0) is 8.85. The van der Waals surface area contributed by atoms with Crippen molar-refractivity contribution in [3.8, 4) is 0 Å². The Hall–Kier alpha value is -0.460. The molecule has 0 atom stereocenters. The molecule has 0 amide bonds. The smallest absolute Gasteiger partial charge is 0.0143 e. The Morgan fingerprint density at radius 3 is 1.91 bits per heavy atom. The number of hydrogen-bond acceptors (Lipinski definition) is 1. The summed E-state index contributed by atoms with van der Waals surface area (Å²) in [6.07, 6.45) is 2.33. The summed E-state index contributed by atoms with van der Waals surface area (Å²) in [5.74, 6) is 0. The van der Waals surface area contributed by atoms with Gasteiger partial charge >= 0.3 is 0 Å². The molecule has 0 aliphatic rings. The first kappa shape index (κ1) is 10.5. The van der Waals surface area contributed by atoms with Crippen molar-refractivity contribution in [3.63, 3.8) is 0 Å². The van der Waals surface area contributed by atoms with Crippen molar-refractivity contribution in [2.75, 3.05) is 13.6 Å². The standard InChI is InChI=1S/C10H21N/c1-6-9(4)10(7-2)11(5)8-3/h6-8H2,1-5H3/b10-9+. The Kier molecular flexibility index (Phi) is 5.01. The quantitative estimate of drug-likeness (QED) is 0.603. The molecule has 11 heavy (non-hydrogen) atoms. The second-order valence-electron chi connectivity index (χ2n) is 2.95. The van der Waals surface area contributed by atoms with Crippen molar-refractivity contribution < 1.29 is 0 Å². The lowest BCUT2D eigenvalue weighted by Crippen LogP contribution is -2.17. The van der Waals surface area contributed by atoms with Gasteiger partial charge < -0.3 is 4.90 Å². The van der Waals surface area contributed by atoms with Gasteiger partial charge in [0.1, 0.15) is 0 Å². The lowest BCUT2D eigenvalue weighted by molar-refractivity contribution is 0.421. The molecule has 0 aromatic heterocycles. The molecule has 0 N–H and O–H groups in total. The van der Waals surface area contributed by atoms with E-state index in [1.54, 1.807) is 0 Å². The normalized spacial score (nSPS) is 12.8. The van der Waals surface area contributed by atoms with E-state index in [9.17, 15) is 0 Å². The molecule has 0 unspecified atom stereocenters. The van der Waals surface area contributed by atoms with E-state index in [1.165, 1.54) is 17.7 Å². The van der Waals surface area contributed by atoms with Gasteiger partial charge in [-0.1, -0.05) is 19.4 Å². The Morgan fingerprint density at radius 1 is 1.09 bits per heavy atom. The minimum absolute atomic E-state index is 1.11. The summed E-state index contributed by atoms with van der Waals surface area (Å²) >= 11 is 0. The molecule has 0 fully saturated rings. The maximum absolute atomic E-state index is 2.33. The molecule has 0 bridgehead atoms. The van der Waals surface area contributed by atoms with Crippen molar-refractivity contribution in [1.29, 1.82) is 0 Å². The van der Waals surface area contributed by atoms with E-state index in [4.69, 9.17) is 0 Å².